The van der Waals surface area contributed by atoms with Crippen LogP contribution in [0.2, 0.25) is 0 Å². The third kappa shape index (κ3) is 5.79. The van der Waals surface area contributed by atoms with Crippen LogP contribution in [0.25, 0.3) is 0 Å². The van der Waals surface area contributed by atoms with Crippen molar-refractivity contribution in [1.29, 1.82) is 0 Å². The maximum atomic E-state index is 12.7. The molecule has 0 aliphatic carbocycles. The highest BCUT2D eigenvalue weighted by Gasteiger charge is 2.30. The molecular weight excluding hydrogens is 456 g/mol. The first-order valence-electron chi connectivity index (χ1n) is 11.9. The van der Waals surface area contributed by atoms with E-state index in [4.69, 9.17) is 4.42 Å². The van der Waals surface area contributed by atoms with E-state index >= 15 is 0 Å². The van der Waals surface area contributed by atoms with Crippen molar-refractivity contribution in [2.24, 2.45) is 0 Å². The highest BCUT2D eigenvalue weighted by molar-refractivity contribution is 7.89. The maximum absolute atomic E-state index is 12.7. The molecule has 1 atom stereocenters. The summed E-state index contributed by atoms with van der Waals surface area (Å²) in [7, 11) is -3.75. The molecule has 2 saturated heterocycles. The lowest BCUT2D eigenvalue weighted by molar-refractivity contribution is -0.116. The van der Waals surface area contributed by atoms with Crippen LogP contribution < -0.4 is 15.5 Å². The van der Waals surface area contributed by atoms with Gasteiger partial charge in [-0.15, -0.1) is 0 Å². The van der Waals surface area contributed by atoms with E-state index in [0.29, 0.717) is 18.8 Å². The van der Waals surface area contributed by atoms with E-state index < -0.39 is 22.0 Å². The minimum Gasteiger partial charge on any atom is -0.438 e. The lowest BCUT2D eigenvalue weighted by Gasteiger charge is -2.24. The van der Waals surface area contributed by atoms with E-state index in [1.165, 1.54) is 29.3 Å². The molecule has 2 N–H and O–H groups in total. The van der Waals surface area contributed by atoms with Crippen molar-refractivity contribution in [2.45, 2.75) is 56.6 Å². The number of furan rings is 1. The number of hydrogen-bond acceptors (Lipinski definition) is 6. The second-order valence-corrected chi connectivity index (χ2v) is 10.8. The summed E-state index contributed by atoms with van der Waals surface area (Å²) in [5.74, 6) is -0.878. The molecule has 0 spiro atoms. The Morgan fingerprint density at radius 2 is 1.71 bits per heavy atom. The van der Waals surface area contributed by atoms with Gasteiger partial charge in [-0.3, -0.25) is 9.59 Å². The average molecular weight is 489 g/mol. The molecule has 2 aliphatic heterocycles. The fourth-order valence-corrected chi connectivity index (χ4v) is 5.83. The molecule has 2 aliphatic rings. The molecule has 0 radical (unpaired) electrons. The molecule has 1 aromatic heterocycles. The number of hydrogen-bond donors (Lipinski definition) is 2. The second kappa shape index (κ2) is 10.6. The zero-order chi connectivity index (χ0) is 24.1. The summed E-state index contributed by atoms with van der Waals surface area (Å²) in [6.45, 7) is 4.67. The number of carbonyl (C=O) groups excluding carboxylic acids is 2. The molecule has 4 rings (SSSR count). The largest absolute Gasteiger partial charge is 0.438 e. The van der Waals surface area contributed by atoms with E-state index in [0.717, 1.165) is 38.0 Å². The predicted octanol–water partition coefficient (Wildman–Crippen LogP) is 3.20. The van der Waals surface area contributed by atoms with Gasteiger partial charge in [0.25, 0.3) is 15.9 Å². The van der Waals surface area contributed by atoms with Gasteiger partial charge >= 0.3 is 0 Å². The van der Waals surface area contributed by atoms with E-state index in [1.54, 1.807) is 6.92 Å². The molecule has 2 amide bonds. The van der Waals surface area contributed by atoms with Crippen LogP contribution in [-0.2, 0) is 14.8 Å². The quantitative estimate of drug-likeness (QED) is 0.590. The third-order valence-corrected chi connectivity index (χ3v) is 7.96. The Hall–Kier alpha value is -2.85. The van der Waals surface area contributed by atoms with Crippen LogP contribution >= 0.6 is 0 Å². The Kier molecular flexibility index (Phi) is 7.57. The number of nitrogens with zero attached hydrogens (tertiary/aromatic N) is 2. The second-order valence-electron chi connectivity index (χ2n) is 8.95. The zero-order valence-corrected chi connectivity index (χ0v) is 20.3. The Bertz CT molecular complexity index is 1120. The van der Waals surface area contributed by atoms with Crippen molar-refractivity contribution in [3.8, 4) is 0 Å². The molecule has 2 aromatic rings. The molecule has 2 fully saturated rings. The molecule has 34 heavy (non-hydrogen) atoms. The summed E-state index contributed by atoms with van der Waals surface area (Å²) in [5, 5.41) is 5.35. The van der Waals surface area contributed by atoms with Crippen LogP contribution in [0.4, 0.5) is 11.4 Å². The molecule has 10 heteroatoms. The van der Waals surface area contributed by atoms with Crippen molar-refractivity contribution in [3.63, 3.8) is 0 Å². The summed E-state index contributed by atoms with van der Waals surface area (Å²) in [6, 6.07) is 9.94. The fourth-order valence-electron chi connectivity index (χ4n) is 4.41. The summed E-state index contributed by atoms with van der Waals surface area (Å²) in [6.07, 6.45) is 5.06. The highest BCUT2D eigenvalue weighted by atomic mass is 32.2. The molecule has 3 heterocycles. The molecule has 1 aromatic carbocycles. The number of benzene rings is 1. The maximum Gasteiger partial charge on any atom is 0.287 e. The molecule has 0 bridgehead atoms. The number of anilines is 2. The van der Waals surface area contributed by atoms with Crippen LogP contribution in [0, 0.1) is 0 Å². The van der Waals surface area contributed by atoms with Gasteiger partial charge in [0.15, 0.2) is 5.76 Å². The van der Waals surface area contributed by atoms with Gasteiger partial charge in [-0.05, 0) is 62.9 Å². The average Bonchev–Trinajstić information content (AvgIpc) is 3.52. The van der Waals surface area contributed by atoms with Gasteiger partial charge in [0, 0.05) is 50.0 Å². The van der Waals surface area contributed by atoms with Crippen LogP contribution in [0.3, 0.4) is 0 Å². The number of sulfonamides is 1. The zero-order valence-electron chi connectivity index (χ0n) is 19.5. The van der Waals surface area contributed by atoms with Gasteiger partial charge in [0.05, 0.1) is 0 Å². The Morgan fingerprint density at radius 1 is 1.00 bits per heavy atom. The van der Waals surface area contributed by atoms with Crippen LogP contribution in [-0.4, -0.2) is 56.8 Å². The van der Waals surface area contributed by atoms with Gasteiger partial charge in [-0.2, -0.15) is 4.31 Å². The number of nitrogens with one attached hydrogen (secondary N) is 2. The lowest BCUT2D eigenvalue weighted by atomic mass is 10.2. The van der Waals surface area contributed by atoms with Crippen LogP contribution in [0.1, 0.15) is 56.0 Å². The van der Waals surface area contributed by atoms with E-state index in [1.807, 2.05) is 24.3 Å². The first kappa shape index (κ1) is 24.3. The molecule has 1 unspecified atom stereocenters. The summed E-state index contributed by atoms with van der Waals surface area (Å²) in [4.78, 5) is 27.3. The number of piperidine rings is 1. The topological polar surface area (TPSA) is 112 Å². The normalized spacial score (nSPS) is 18.0. The smallest absolute Gasteiger partial charge is 0.287 e. The number of amides is 2. The number of carbonyl (C=O) groups is 2. The first-order valence-corrected chi connectivity index (χ1v) is 13.3. The van der Waals surface area contributed by atoms with Gasteiger partial charge < -0.3 is 20.0 Å². The van der Waals surface area contributed by atoms with Gasteiger partial charge in [-0.25, -0.2) is 8.42 Å². The molecule has 9 nitrogen and oxygen atoms in total. The minimum atomic E-state index is -3.75. The Labute approximate surface area is 200 Å². The number of rotatable bonds is 8. The molecule has 0 saturated carbocycles. The van der Waals surface area contributed by atoms with Gasteiger partial charge in [0.2, 0.25) is 11.0 Å². The fraction of sp³-hybridized carbons (Fsp3) is 0.500. The van der Waals surface area contributed by atoms with Crippen molar-refractivity contribution in [1.82, 2.24) is 9.62 Å². The predicted molar refractivity (Wildman–Crippen MR) is 129 cm³/mol. The summed E-state index contributed by atoms with van der Waals surface area (Å²) < 4.78 is 32.2. The highest BCUT2D eigenvalue weighted by Crippen LogP contribution is 2.24. The van der Waals surface area contributed by atoms with Crippen molar-refractivity contribution >= 4 is 33.2 Å². The summed E-state index contributed by atoms with van der Waals surface area (Å²) >= 11 is 0. The van der Waals surface area contributed by atoms with E-state index in [-0.39, 0.29) is 23.2 Å². The monoisotopic (exact) mass is 488 g/mol. The van der Waals surface area contributed by atoms with Crippen molar-refractivity contribution in [3.05, 3.63) is 42.2 Å². The first-order chi connectivity index (χ1) is 16.3. The Morgan fingerprint density at radius 3 is 2.44 bits per heavy atom. The third-order valence-electron chi connectivity index (χ3n) is 6.18. The summed E-state index contributed by atoms with van der Waals surface area (Å²) in [5.41, 5.74) is 1.80. The standard InChI is InChI=1S/C24H32N4O5S/c1-18(16-22(29)26-19-8-7-9-20(17-19)27-12-5-6-13-27)25-24(30)21-10-11-23(33-21)34(31,32)28-14-3-2-4-15-28/h7-11,17-18H,2-6,12-16H2,1H3,(H,25,30)(H,26,29). The van der Waals surface area contributed by atoms with Crippen molar-refractivity contribution in [2.75, 3.05) is 36.4 Å². The SMILES string of the molecule is CC(CC(=O)Nc1cccc(N2CCCC2)c1)NC(=O)c1ccc(S(=O)(=O)N2CCCCC2)o1. The minimum absolute atomic E-state index is 0.0688. The van der Waals surface area contributed by atoms with E-state index in [2.05, 4.69) is 15.5 Å². The van der Waals surface area contributed by atoms with E-state index in [9.17, 15) is 18.0 Å². The van der Waals surface area contributed by atoms with Crippen LogP contribution in [0.15, 0.2) is 45.9 Å². The van der Waals surface area contributed by atoms with Crippen LogP contribution in [0.5, 0.6) is 0 Å². The van der Waals surface area contributed by atoms with Gasteiger partial charge in [0.1, 0.15) is 0 Å². The van der Waals surface area contributed by atoms with Crippen molar-refractivity contribution < 1.29 is 22.4 Å². The Balaban J connectivity index is 1.30. The molecular formula is C24H32N4O5S. The van der Waals surface area contributed by atoms with Gasteiger partial charge in [-0.1, -0.05) is 12.5 Å². The molecule has 184 valence electrons. The lowest BCUT2D eigenvalue weighted by Crippen LogP contribution is -2.36.